The summed E-state index contributed by atoms with van der Waals surface area (Å²) in [5, 5.41) is 6.60. The molecule has 7 nitrogen and oxygen atoms in total. The van der Waals surface area contributed by atoms with Crippen molar-refractivity contribution in [2.24, 2.45) is 0 Å². The molecule has 2 N–H and O–H groups in total. The lowest BCUT2D eigenvalue weighted by Gasteiger charge is -2.11. The van der Waals surface area contributed by atoms with Crippen molar-refractivity contribution in [3.63, 3.8) is 0 Å². The van der Waals surface area contributed by atoms with Crippen molar-refractivity contribution in [1.82, 2.24) is 14.1 Å². The molecule has 2 heterocycles. The van der Waals surface area contributed by atoms with Crippen LogP contribution in [0, 0.1) is 0 Å². The third-order valence-electron chi connectivity index (χ3n) is 4.82. The maximum Gasteiger partial charge on any atom is 0.344 e. The first-order chi connectivity index (χ1) is 15.6. The summed E-state index contributed by atoms with van der Waals surface area (Å²) in [4.78, 5) is 25.0. The molecule has 0 radical (unpaired) electrons. The lowest BCUT2D eigenvalue weighted by atomic mass is 10.1. The highest BCUT2D eigenvalue weighted by Gasteiger charge is 2.12. The van der Waals surface area contributed by atoms with E-state index < -0.39 is 5.63 Å². The van der Waals surface area contributed by atoms with Crippen LogP contribution in [-0.4, -0.2) is 19.8 Å². The number of hydrogen-bond acceptors (Lipinski definition) is 7. The summed E-state index contributed by atoms with van der Waals surface area (Å²) in [6, 6.07) is 21.4. The van der Waals surface area contributed by atoms with Gasteiger partial charge < -0.3 is 9.73 Å². The van der Waals surface area contributed by atoms with Crippen LogP contribution in [-0.2, 0) is 0 Å². The molecule has 2 aromatic heterocycles. The van der Waals surface area contributed by atoms with Crippen LogP contribution >= 0.6 is 23.9 Å². The number of nitrogens with zero attached hydrogens (tertiary/aromatic N) is 2. The van der Waals surface area contributed by atoms with Crippen molar-refractivity contribution in [1.29, 1.82) is 0 Å². The molecule has 0 aliphatic rings. The fraction of sp³-hybridized carbons (Fsp3) is 0. The van der Waals surface area contributed by atoms with Crippen molar-refractivity contribution in [2.45, 2.75) is 0 Å². The first kappa shape index (κ1) is 20.0. The van der Waals surface area contributed by atoms with Gasteiger partial charge in [0.05, 0.1) is 17.3 Å². The highest BCUT2D eigenvalue weighted by Crippen LogP contribution is 2.23. The maximum atomic E-state index is 12.5. The summed E-state index contributed by atoms with van der Waals surface area (Å²) in [5.41, 5.74) is 3.66. The van der Waals surface area contributed by atoms with Crippen molar-refractivity contribution < 1.29 is 9.21 Å². The summed E-state index contributed by atoms with van der Waals surface area (Å²) >= 11 is 6.38. The van der Waals surface area contributed by atoms with E-state index in [1.807, 2.05) is 24.3 Å². The average Bonchev–Trinajstić information content (AvgIpc) is 3.26. The second kappa shape index (κ2) is 8.29. The molecule has 5 rings (SSSR count). The molecular formula is C23H14N4O3S2. The Bertz CT molecular complexity index is 1560. The van der Waals surface area contributed by atoms with E-state index in [1.54, 1.807) is 48.5 Å². The molecule has 156 valence electrons. The Labute approximate surface area is 191 Å². The van der Waals surface area contributed by atoms with E-state index in [2.05, 4.69) is 19.4 Å². The molecule has 9 heteroatoms. The number of carbonyl (C=O) groups excluding carboxylic acids is 1. The van der Waals surface area contributed by atoms with Gasteiger partial charge in [-0.2, -0.15) is 8.75 Å². The minimum Gasteiger partial charge on any atom is -0.422 e. The molecule has 1 amide bonds. The number of aromatic nitrogens is 2. The molecule has 0 saturated carbocycles. The van der Waals surface area contributed by atoms with Gasteiger partial charge in [-0.15, -0.1) is 0 Å². The van der Waals surface area contributed by atoms with Gasteiger partial charge in [0.2, 0.25) is 0 Å². The Balaban J connectivity index is 1.34. The molecule has 0 fully saturated rings. The van der Waals surface area contributed by atoms with Crippen molar-refractivity contribution in [3.8, 4) is 11.1 Å². The third kappa shape index (κ3) is 3.98. The molecule has 32 heavy (non-hydrogen) atoms. The number of amides is 1. The normalized spacial score (nSPS) is 10.9. The SMILES string of the molecule is O=C(NC(=S)Nc1cccc(-c2cc3ccccc3oc2=O)c1)c1ccc2nsnc2c1. The molecule has 0 aliphatic heterocycles. The number of carbonyl (C=O) groups is 1. The van der Waals surface area contributed by atoms with Crippen molar-refractivity contribution >= 4 is 62.7 Å². The largest absolute Gasteiger partial charge is 0.422 e. The number of fused-ring (bicyclic) bond motifs is 2. The Hall–Kier alpha value is -3.95. The lowest BCUT2D eigenvalue weighted by molar-refractivity contribution is 0.0978. The molecule has 0 unspecified atom stereocenters. The van der Waals surface area contributed by atoms with Crippen LogP contribution in [0.3, 0.4) is 0 Å². The van der Waals surface area contributed by atoms with Crippen LogP contribution in [0.25, 0.3) is 33.1 Å². The minimum atomic E-state index is -0.427. The number of benzene rings is 3. The lowest BCUT2D eigenvalue weighted by Crippen LogP contribution is -2.34. The van der Waals surface area contributed by atoms with Gasteiger partial charge in [0.1, 0.15) is 16.6 Å². The number of nitrogens with one attached hydrogen (secondary N) is 2. The highest BCUT2D eigenvalue weighted by molar-refractivity contribution is 7.80. The van der Waals surface area contributed by atoms with Crippen LogP contribution in [0.5, 0.6) is 0 Å². The van der Waals surface area contributed by atoms with E-state index in [4.69, 9.17) is 16.6 Å². The van der Waals surface area contributed by atoms with Gasteiger partial charge in [-0.1, -0.05) is 30.3 Å². The number of para-hydroxylation sites is 1. The Morgan fingerprint density at radius 2 is 1.78 bits per heavy atom. The zero-order valence-electron chi connectivity index (χ0n) is 16.4. The molecule has 3 aromatic carbocycles. The van der Waals surface area contributed by atoms with E-state index in [0.717, 1.165) is 22.6 Å². The second-order valence-corrected chi connectivity index (χ2v) is 7.88. The van der Waals surface area contributed by atoms with Gasteiger partial charge in [-0.05, 0) is 60.2 Å². The highest BCUT2D eigenvalue weighted by atomic mass is 32.1. The summed E-state index contributed by atoms with van der Waals surface area (Å²) in [6.45, 7) is 0. The first-order valence-electron chi connectivity index (χ1n) is 9.55. The maximum absolute atomic E-state index is 12.5. The fourth-order valence-electron chi connectivity index (χ4n) is 3.29. The zero-order chi connectivity index (χ0) is 22.1. The smallest absolute Gasteiger partial charge is 0.344 e. The first-order valence-corrected chi connectivity index (χ1v) is 10.7. The second-order valence-electron chi connectivity index (χ2n) is 6.94. The molecule has 0 atom stereocenters. The Morgan fingerprint density at radius 3 is 2.69 bits per heavy atom. The molecule has 0 spiro atoms. The van der Waals surface area contributed by atoms with Crippen LogP contribution in [0.15, 0.2) is 82.0 Å². The monoisotopic (exact) mass is 458 g/mol. The minimum absolute atomic E-state index is 0.134. The van der Waals surface area contributed by atoms with Gasteiger partial charge in [0.25, 0.3) is 5.91 Å². The summed E-state index contributed by atoms with van der Waals surface area (Å²) in [7, 11) is 0. The average molecular weight is 459 g/mol. The van der Waals surface area contributed by atoms with E-state index in [9.17, 15) is 9.59 Å². The number of anilines is 1. The summed E-state index contributed by atoms with van der Waals surface area (Å²) in [5.74, 6) is -0.358. The van der Waals surface area contributed by atoms with Crippen molar-refractivity contribution in [2.75, 3.05) is 5.32 Å². The fourth-order valence-corrected chi connectivity index (χ4v) is 4.02. The van der Waals surface area contributed by atoms with E-state index in [1.165, 1.54) is 0 Å². The topological polar surface area (TPSA) is 97.1 Å². The van der Waals surface area contributed by atoms with Crippen LogP contribution in [0.4, 0.5) is 5.69 Å². The van der Waals surface area contributed by atoms with Crippen molar-refractivity contribution in [3.05, 3.63) is 88.8 Å². The number of thiocarbonyl (C=S) groups is 1. The number of hydrogen-bond donors (Lipinski definition) is 2. The molecule has 0 aliphatic carbocycles. The van der Waals surface area contributed by atoms with Gasteiger partial charge in [-0.3, -0.25) is 10.1 Å². The standard InChI is InChI=1S/C23H14N4O3S2/c28-21(15-8-9-18-19(12-15)27-32-26-18)25-23(31)24-16-6-3-5-13(10-16)17-11-14-4-1-2-7-20(14)30-22(17)29/h1-12H,(H2,24,25,28,31). The third-order valence-corrected chi connectivity index (χ3v) is 5.58. The predicted octanol–water partition coefficient (Wildman–Crippen LogP) is 4.59. The quantitative estimate of drug-likeness (QED) is 0.301. The van der Waals surface area contributed by atoms with Gasteiger partial charge in [0, 0.05) is 16.6 Å². The molecular weight excluding hydrogens is 444 g/mol. The van der Waals surface area contributed by atoms with Crippen LogP contribution < -0.4 is 16.3 Å². The number of rotatable bonds is 3. The van der Waals surface area contributed by atoms with E-state index >= 15 is 0 Å². The summed E-state index contributed by atoms with van der Waals surface area (Å²) in [6.07, 6.45) is 0. The molecule has 0 saturated heterocycles. The van der Waals surface area contributed by atoms with E-state index in [0.29, 0.717) is 33.5 Å². The van der Waals surface area contributed by atoms with Gasteiger partial charge in [0.15, 0.2) is 5.11 Å². The van der Waals surface area contributed by atoms with Gasteiger partial charge >= 0.3 is 5.63 Å². The predicted molar refractivity (Wildman–Crippen MR) is 129 cm³/mol. The van der Waals surface area contributed by atoms with Crippen LogP contribution in [0.2, 0.25) is 0 Å². The Morgan fingerprint density at radius 1 is 0.938 bits per heavy atom. The van der Waals surface area contributed by atoms with Crippen LogP contribution in [0.1, 0.15) is 10.4 Å². The Kier molecular flexibility index (Phi) is 5.18. The molecule has 0 bridgehead atoms. The summed E-state index contributed by atoms with van der Waals surface area (Å²) < 4.78 is 13.7. The van der Waals surface area contributed by atoms with Gasteiger partial charge in [-0.25, -0.2) is 4.79 Å². The van der Waals surface area contributed by atoms with E-state index in [-0.39, 0.29) is 11.0 Å². The molecule has 5 aromatic rings. The zero-order valence-corrected chi connectivity index (χ0v) is 18.0.